The molecule has 1 fully saturated rings. The van der Waals surface area contributed by atoms with Gasteiger partial charge in [-0.05, 0) is 24.7 Å². The Morgan fingerprint density at radius 2 is 1.74 bits per heavy atom. The third-order valence-electron chi connectivity index (χ3n) is 4.38. The van der Waals surface area contributed by atoms with Crippen LogP contribution in [0.25, 0.3) is 5.53 Å². The summed E-state index contributed by atoms with van der Waals surface area (Å²) in [6, 6.07) is 0. The number of hydrogen-bond acceptors (Lipinski definition) is 4. The van der Waals surface area contributed by atoms with E-state index in [2.05, 4.69) is 4.79 Å². The van der Waals surface area contributed by atoms with Crippen molar-refractivity contribution in [3.8, 4) is 0 Å². The molecular weight excluding hydrogens is 336 g/mol. The molecule has 1 aliphatic rings. The Hall–Kier alpha value is -0.980. The summed E-state index contributed by atoms with van der Waals surface area (Å²) in [6.45, 7) is 5.89. The maximum Gasteiger partial charge on any atom is 0.495 e. The Kier molecular flexibility index (Phi) is 6.74. The van der Waals surface area contributed by atoms with E-state index in [-0.39, 0.29) is 5.41 Å². The highest BCUT2D eigenvalue weighted by molar-refractivity contribution is 8.31. The third kappa shape index (κ3) is 5.26. The first-order chi connectivity index (χ1) is 10.6. The minimum Gasteiger partial charge on any atom is -0.359 e. The van der Waals surface area contributed by atoms with Gasteiger partial charge in [-0.25, -0.2) is 16.8 Å². The Morgan fingerprint density at radius 3 is 2.22 bits per heavy atom. The van der Waals surface area contributed by atoms with Crippen LogP contribution in [0.1, 0.15) is 59.3 Å². The number of nitrogens with zero attached hydrogens (tertiary/aromatic N) is 2. The fraction of sp³-hybridized carbons (Fsp3) is 0.800. The van der Waals surface area contributed by atoms with Crippen molar-refractivity contribution in [3.05, 3.63) is 17.7 Å². The van der Waals surface area contributed by atoms with E-state index in [9.17, 15) is 16.8 Å². The summed E-state index contributed by atoms with van der Waals surface area (Å²) in [5.74, 6) is -0.484. The lowest BCUT2D eigenvalue weighted by atomic mass is 9.90. The van der Waals surface area contributed by atoms with Gasteiger partial charge in [0.25, 0.3) is 19.7 Å². The molecule has 0 aromatic rings. The highest BCUT2D eigenvalue weighted by Gasteiger charge is 2.45. The van der Waals surface area contributed by atoms with E-state index in [1.807, 2.05) is 20.8 Å². The topological polar surface area (TPSA) is 105 Å². The van der Waals surface area contributed by atoms with E-state index in [1.165, 1.54) is 6.08 Å². The molecule has 1 aliphatic carbocycles. The maximum absolute atomic E-state index is 12.5. The fourth-order valence-corrected chi connectivity index (χ4v) is 6.49. The largest absolute Gasteiger partial charge is 0.495 e. The number of rotatable bonds is 5. The quantitative estimate of drug-likeness (QED) is 0.246. The zero-order valence-electron chi connectivity index (χ0n) is 14.0. The molecule has 0 saturated heterocycles. The van der Waals surface area contributed by atoms with Gasteiger partial charge < -0.3 is 5.53 Å². The highest BCUT2D eigenvalue weighted by atomic mass is 32.3. The van der Waals surface area contributed by atoms with Crippen molar-refractivity contribution < 1.29 is 21.6 Å². The molecule has 1 rings (SSSR count). The number of allylic oxidation sites excluding steroid dienone is 1. The van der Waals surface area contributed by atoms with Crippen LogP contribution in [0.15, 0.2) is 12.2 Å². The molecule has 23 heavy (non-hydrogen) atoms. The van der Waals surface area contributed by atoms with E-state index in [1.54, 1.807) is 6.08 Å². The maximum atomic E-state index is 12.5. The molecule has 0 spiro atoms. The Bertz CT molecular complexity index is 694. The van der Waals surface area contributed by atoms with Crippen LogP contribution >= 0.6 is 0 Å². The van der Waals surface area contributed by atoms with E-state index >= 15 is 0 Å². The summed E-state index contributed by atoms with van der Waals surface area (Å²) in [5, 5.41) is -0.770. The van der Waals surface area contributed by atoms with E-state index in [0.717, 1.165) is 25.7 Å². The van der Waals surface area contributed by atoms with E-state index < -0.39 is 35.1 Å². The Morgan fingerprint density at radius 1 is 1.17 bits per heavy atom. The van der Waals surface area contributed by atoms with Crippen LogP contribution in [0.3, 0.4) is 0 Å². The van der Waals surface area contributed by atoms with E-state index in [4.69, 9.17) is 5.53 Å². The molecule has 0 radical (unpaired) electrons. The summed E-state index contributed by atoms with van der Waals surface area (Å²) < 4.78 is 48.5. The molecule has 0 bridgehead atoms. The summed E-state index contributed by atoms with van der Waals surface area (Å²) in [6.07, 6.45) is 7.25. The van der Waals surface area contributed by atoms with Crippen molar-refractivity contribution in [1.82, 2.24) is 0 Å². The van der Waals surface area contributed by atoms with Gasteiger partial charge in [-0.15, -0.1) is 4.79 Å². The molecule has 1 saturated carbocycles. The average Bonchev–Trinajstić information content (AvgIpc) is 2.47. The smallest absolute Gasteiger partial charge is 0.359 e. The van der Waals surface area contributed by atoms with Crippen LogP contribution in [0, 0.1) is 5.41 Å². The van der Waals surface area contributed by atoms with Crippen LogP contribution < -0.4 is 0 Å². The molecule has 8 heteroatoms. The zero-order chi connectivity index (χ0) is 17.7. The van der Waals surface area contributed by atoms with Gasteiger partial charge >= 0.3 is 4.38 Å². The first-order valence-electron chi connectivity index (χ1n) is 7.93. The Labute approximate surface area is 139 Å². The van der Waals surface area contributed by atoms with Crippen LogP contribution in [0.2, 0.25) is 0 Å². The van der Waals surface area contributed by atoms with Crippen LogP contribution in [0.4, 0.5) is 0 Å². The van der Waals surface area contributed by atoms with Gasteiger partial charge in [0.1, 0.15) is 0 Å². The van der Waals surface area contributed by atoms with Crippen molar-refractivity contribution in [1.29, 1.82) is 0 Å². The molecular formula is C15H26N2O4S2. The second-order valence-corrected chi connectivity index (χ2v) is 11.0. The number of hydrogen-bond donors (Lipinski definition) is 0. The van der Waals surface area contributed by atoms with Gasteiger partial charge in [-0.3, -0.25) is 0 Å². The van der Waals surface area contributed by atoms with Crippen LogP contribution in [-0.2, 0) is 19.7 Å². The average molecular weight is 363 g/mol. The van der Waals surface area contributed by atoms with Crippen molar-refractivity contribution in [2.24, 2.45) is 5.41 Å². The second kappa shape index (κ2) is 7.73. The van der Waals surface area contributed by atoms with Gasteiger partial charge in [0.15, 0.2) is 0 Å². The predicted molar refractivity (Wildman–Crippen MR) is 91.4 cm³/mol. The van der Waals surface area contributed by atoms with Crippen molar-refractivity contribution in [2.75, 3.05) is 5.75 Å². The van der Waals surface area contributed by atoms with Crippen molar-refractivity contribution in [2.45, 2.75) is 64.5 Å². The van der Waals surface area contributed by atoms with Gasteiger partial charge in [0, 0.05) is 0 Å². The predicted octanol–water partition coefficient (Wildman–Crippen LogP) is 2.73. The monoisotopic (exact) mass is 362 g/mol. The van der Waals surface area contributed by atoms with Gasteiger partial charge in [-0.1, -0.05) is 52.2 Å². The lowest BCUT2D eigenvalue weighted by Gasteiger charge is -2.19. The molecule has 0 aromatic carbocycles. The summed E-state index contributed by atoms with van der Waals surface area (Å²) in [4.78, 5) is 2.65. The first-order valence-corrected chi connectivity index (χ1v) is 11.1. The van der Waals surface area contributed by atoms with Gasteiger partial charge in [0.2, 0.25) is 0 Å². The standard InChI is InChI=1S/C15H26N2O4S2/c1-4-15(2,3)11-8-12-22(18,19)14(17-16)23(20,21)13-9-6-5-7-10-13/h8,11,13H,4-7,9-10,12H2,1-3H3. The molecule has 0 heterocycles. The van der Waals surface area contributed by atoms with E-state index in [0.29, 0.717) is 12.8 Å². The lowest BCUT2D eigenvalue weighted by molar-refractivity contribution is 0.00372. The first kappa shape index (κ1) is 20.1. The Balaban J connectivity index is 3.02. The summed E-state index contributed by atoms with van der Waals surface area (Å²) in [5.41, 5.74) is 8.87. The molecule has 0 unspecified atom stereocenters. The lowest BCUT2D eigenvalue weighted by Crippen LogP contribution is -2.36. The third-order valence-corrected chi connectivity index (χ3v) is 9.00. The molecule has 132 valence electrons. The van der Waals surface area contributed by atoms with Crippen molar-refractivity contribution in [3.63, 3.8) is 0 Å². The minimum absolute atomic E-state index is 0.172. The molecule has 0 atom stereocenters. The summed E-state index contributed by atoms with van der Waals surface area (Å²) >= 11 is 0. The molecule has 0 amide bonds. The molecule has 0 aromatic heterocycles. The number of sulfone groups is 2. The minimum atomic E-state index is -4.18. The van der Waals surface area contributed by atoms with Gasteiger partial charge in [-0.2, -0.15) is 0 Å². The van der Waals surface area contributed by atoms with Gasteiger partial charge in [0.05, 0.1) is 11.0 Å². The SMILES string of the molecule is CCC(C)(C)C=CCS(=O)(=O)C(=[N+]=[N-])S(=O)(=O)C1CCCCC1. The highest BCUT2D eigenvalue weighted by Crippen LogP contribution is 2.26. The zero-order valence-corrected chi connectivity index (χ0v) is 15.7. The summed E-state index contributed by atoms with van der Waals surface area (Å²) in [7, 11) is -8.31. The van der Waals surface area contributed by atoms with Crippen LogP contribution in [0.5, 0.6) is 0 Å². The van der Waals surface area contributed by atoms with Crippen molar-refractivity contribution >= 4 is 24.1 Å². The van der Waals surface area contributed by atoms with Crippen LogP contribution in [-0.4, -0.2) is 37.0 Å². The molecule has 0 aliphatic heterocycles. The molecule has 6 nitrogen and oxygen atoms in total. The molecule has 0 N–H and O–H groups in total. The fourth-order valence-electron chi connectivity index (χ4n) is 2.50. The second-order valence-electron chi connectivity index (χ2n) is 6.70. The normalized spacial score (nSPS) is 18.0.